The van der Waals surface area contributed by atoms with E-state index in [4.69, 9.17) is 5.11 Å². The van der Waals surface area contributed by atoms with Gasteiger partial charge in [-0.2, -0.15) is 0 Å². The van der Waals surface area contributed by atoms with Gasteiger partial charge in [-0.3, -0.25) is 14.5 Å². The zero-order chi connectivity index (χ0) is 11.6. The summed E-state index contributed by atoms with van der Waals surface area (Å²) < 4.78 is 0. The second kappa shape index (κ2) is 3.84. The Labute approximate surface area is 87.4 Å². The third kappa shape index (κ3) is 1.54. The van der Waals surface area contributed by atoms with E-state index in [9.17, 15) is 14.4 Å². The van der Waals surface area contributed by atoms with Crippen LogP contribution in [0.2, 0.25) is 0 Å². The molecule has 1 rings (SSSR count). The van der Waals surface area contributed by atoms with Crippen LogP contribution in [-0.4, -0.2) is 33.3 Å². The van der Waals surface area contributed by atoms with Crippen molar-refractivity contribution in [1.29, 1.82) is 0 Å². The first-order chi connectivity index (χ1) is 6.99. The average molecular weight is 211 g/mol. The number of rotatable bonds is 4. The molecule has 2 amide bonds. The van der Waals surface area contributed by atoms with Crippen LogP contribution in [0.4, 0.5) is 0 Å². The predicted octanol–water partition coefficient (Wildman–Crippen LogP) is 0.555. The Morgan fingerprint density at radius 1 is 1.27 bits per heavy atom. The fourth-order valence-electron chi connectivity index (χ4n) is 1.79. The minimum Gasteiger partial charge on any atom is -0.479 e. The molecule has 82 valence electrons. The van der Waals surface area contributed by atoms with Gasteiger partial charge in [0.05, 0.1) is 0 Å². The Balaban J connectivity index is 3.16. The summed E-state index contributed by atoms with van der Waals surface area (Å²) in [6.45, 7) is 3.30. The zero-order valence-electron chi connectivity index (χ0n) is 8.69. The van der Waals surface area contributed by atoms with Gasteiger partial charge < -0.3 is 5.11 Å². The van der Waals surface area contributed by atoms with E-state index in [0.717, 1.165) is 17.1 Å². The molecule has 0 aromatic heterocycles. The van der Waals surface area contributed by atoms with Gasteiger partial charge in [-0.1, -0.05) is 13.8 Å². The minimum atomic E-state index is -1.41. The van der Waals surface area contributed by atoms with Crippen LogP contribution in [0, 0.1) is 0 Å². The normalized spacial score (nSPS) is 16.3. The molecule has 0 fully saturated rings. The van der Waals surface area contributed by atoms with E-state index in [1.54, 1.807) is 13.8 Å². The Bertz CT molecular complexity index is 323. The highest BCUT2D eigenvalue weighted by atomic mass is 16.4. The van der Waals surface area contributed by atoms with Gasteiger partial charge in [0.15, 0.2) is 0 Å². The number of hydrogen-bond donors (Lipinski definition) is 1. The molecule has 0 radical (unpaired) electrons. The van der Waals surface area contributed by atoms with Crippen LogP contribution in [-0.2, 0) is 14.4 Å². The van der Waals surface area contributed by atoms with Gasteiger partial charge in [0.2, 0.25) is 0 Å². The van der Waals surface area contributed by atoms with Crippen molar-refractivity contribution in [1.82, 2.24) is 4.90 Å². The molecule has 15 heavy (non-hydrogen) atoms. The van der Waals surface area contributed by atoms with E-state index in [2.05, 4.69) is 0 Å². The third-order valence-corrected chi connectivity index (χ3v) is 2.81. The molecule has 1 aliphatic rings. The molecule has 0 saturated carbocycles. The molecular formula is C10H13NO4. The molecule has 0 aromatic carbocycles. The summed E-state index contributed by atoms with van der Waals surface area (Å²) in [4.78, 5) is 34.8. The van der Waals surface area contributed by atoms with Gasteiger partial charge in [-0.25, -0.2) is 4.79 Å². The van der Waals surface area contributed by atoms with Crippen molar-refractivity contribution in [3.05, 3.63) is 12.2 Å². The number of carboxylic acid groups (broad SMARTS) is 1. The maximum atomic E-state index is 11.4. The highest BCUT2D eigenvalue weighted by molar-refractivity contribution is 6.15. The number of carboxylic acids is 1. The van der Waals surface area contributed by atoms with Crippen LogP contribution in [0.1, 0.15) is 26.7 Å². The molecule has 0 saturated heterocycles. The van der Waals surface area contributed by atoms with E-state index >= 15 is 0 Å². The number of imide groups is 1. The fraction of sp³-hybridized carbons (Fsp3) is 0.500. The lowest BCUT2D eigenvalue weighted by molar-refractivity contribution is -0.162. The molecule has 0 aromatic rings. The fourth-order valence-corrected chi connectivity index (χ4v) is 1.79. The maximum Gasteiger partial charge on any atom is 0.330 e. The molecular weight excluding hydrogens is 198 g/mol. The first-order valence-corrected chi connectivity index (χ1v) is 4.79. The summed E-state index contributed by atoms with van der Waals surface area (Å²) in [5.74, 6) is -2.24. The van der Waals surface area contributed by atoms with Crippen LogP contribution in [0.5, 0.6) is 0 Å². The van der Waals surface area contributed by atoms with Crippen LogP contribution < -0.4 is 0 Å². The SMILES string of the molecule is CCC(CC)(C(=O)O)N1C(=O)C=CC1=O. The summed E-state index contributed by atoms with van der Waals surface area (Å²) in [6.07, 6.45) is 2.62. The van der Waals surface area contributed by atoms with E-state index in [1.165, 1.54) is 0 Å². The number of hydrogen-bond acceptors (Lipinski definition) is 3. The van der Waals surface area contributed by atoms with Crippen molar-refractivity contribution in [2.75, 3.05) is 0 Å². The molecule has 1 heterocycles. The Hall–Kier alpha value is -1.65. The Morgan fingerprint density at radius 2 is 1.67 bits per heavy atom. The standard InChI is InChI=1S/C10H13NO4/c1-3-10(4-2,9(14)15)11-7(12)5-6-8(11)13/h5-6H,3-4H2,1-2H3,(H,14,15). The number of nitrogens with zero attached hydrogens (tertiary/aromatic N) is 1. The smallest absolute Gasteiger partial charge is 0.330 e. The van der Waals surface area contributed by atoms with Gasteiger partial charge in [0, 0.05) is 12.2 Å². The van der Waals surface area contributed by atoms with Crippen LogP contribution in [0.15, 0.2) is 12.2 Å². The molecule has 0 aliphatic carbocycles. The lowest BCUT2D eigenvalue weighted by atomic mass is 9.91. The van der Waals surface area contributed by atoms with Crippen molar-refractivity contribution in [3.63, 3.8) is 0 Å². The quantitative estimate of drug-likeness (QED) is 0.689. The number of carbonyl (C=O) groups is 3. The van der Waals surface area contributed by atoms with Crippen molar-refractivity contribution < 1.29 is 19.5 Å². The van der Waals surface area contributed by atoms with E-state index in [1.807, 2.05) is 0 Å². The van der Waals surface area contributed by atoms with Crippen molar-refractivity contribution >= 4 is 17.8 Å². The lowest BCUT2D eigenvalue weighted by Crippen LogP contribution is -2.56. The topological polar surface area (TPSA) is 74.7 Å². The van der Waals surface area contributed by atoms with Crippen LogP contribution in [0.25, 0.3) is 0 Å². The molecule has 1 aliphatic heterocycles. The van der Waals surface area contributed by atoms with Gasteiger partial charge >= 0.3 is 5.97 Å². The van der Waals surface area contributed by atoms with Crippen LogP contribution >= 0.6 is 0 Å². The highest BCUT2D eigenvalue weighted by Gasteiger charge is 2.47. The Morgan fingerprint density at radius 3 is 1.93 bits per heavy atom. The summed E-state index contributed by atoms with van der Waals surface area (Å²) in [6, 6.07) is 0. The second-order valence-corrected chi connectivity index (χ2v) is 3.39. The first kappa shape index (κ1) is 11.4. The molecule has 0 unspecified atom stereocenters. The zero-order valence-corrected chi connectivity index (χ0v) is 8.69. The summed E-state index contributed by atoms with van der Waals surface area (Å²) in [5.41, 5.74) is -1.41. The number of aliphatic carboxylic acids is 1. The number of amides is 2. The van der Waals surface area contributed by atoms with Crippen molar-refractivity contribution in [2.24, 2.45) is 0 Å². The van der Waals surface area contributed by atoms with Gasteiger partial charge in [0.1, 0.15) is 5.54 Å². The van der Waals surface area contributed by atoms with Crippen molar-refractivity contribution in [2.45, 2.75) is 32.2 Å². The molecule has 0 atom stereocenters. The van der Waals surface area contributed by atoms with Gasteiger partial charge in [0.25, 0.3) is 11.8 Å². The predicted molar refractivity (Wildman–Crippen MR) is 51.9 cm³/mol. The molecule has 5 nitrogen and oxygen atoms in total. The number of carbonyl (C=O) groups excluding carboxylic acids is 2. The molecule has 0 bridgehead atoms. The third-order valence-electron chi connectivity index (χ3n) is 2.81. The van der Waals surface area contributed by atoms with E-state index < -0.39 is 23.3 Å². The summed E-state index contributed by atoms with van der Waals surface area (Å²) in [5, 5.41) is 9.15. The Kier molecular flexibility index (Phi) is 2.93. The van der Waals surface area contributed by atoms with E-state index in [0.29, 0.717) is 0 Å². The maximum absolute atomic E-state index is 11.4. The van der Waals surface area contributed by atoms with Gasteiger partial charge in [-0.05, 0) is 12.8 Å². The largest absolute Gasteiger partial charge is 0.479 e. The van der Waals surface area contributed by atoms with E-state index in [-0.39, 0.29) is 12.8 Å². The van der Waals surface area contributed by atoms with Crippen LogP contribution in [0.3, 0.4) is 0 Å². The lowest BCUT2D eigenvalue weighted by Gasteiger charge is -2.34. The monoisotopic (exact) mass is 211 g/mol. The first-order valence-electron chi connectivity index (χ1n) is 4.79. The molecule has 0 spiro atoms. The molecule has 1 N–H and O–H groups in total. The average Bonchev–Trinajstić information content (AvgIpc) is 2.52. The highest BCUT2D eigenvalue weighted by Crippen LogP contribution is 2.27. The van der Waals surface area contributed by atoms with Crippen molar-refractivity contribution in [3.8, 4) is 0 Å². The summed E-state index contributed by atoms with van der Waals surface area (Å²) >= 11 is 0. The molecule has 5 heteroatoms. The van der Waals surface area contributed by atoms with Gasteiger partial charge in [-0.15, -0.1) is 0 Å². The summed E-state index contributed by atoms with van der Waals surface area (Å²) in [7, 11) is 0. The second-order valence-electron chi connectivity index (χ2n) is 3.39. The minimum absolute atomic E-state index is 0.206.